The van der Waals surface area contributed by atoms with E-state index in [1.165, 1.54) is 17.4 Å². The van der Waals surface area contributed by atoms with Crippen LogP contribution in [0.5, 0.6) is 0 Å². The number of amides is 1. The Morgan fingerprint density at radius 2 is 2.04 bits per heavy atom. The van der Waals surface area contributed by atoms with Gasteiger partial charge in [0.05, 0.1) is 23.2 Å². The fraction of sp³-hybridized carbons (Fsp3) is 0.444. The second kappa shape index (κ2) is 7.36. The van der Waals surface area contributed by atoms with Crippen molar-refractivity contribution in [2.45, 2.75) is 43.8 Å². The Morgan fingerprint density at radius 3 is 2.69 bits per heavy atom. The molecule has 0 spiro atoms. The standard InChI is InChI=1S/C18H20F3N3OS/c19-18(20,21)13-5-3-4-12(8-13)16-23-14(10-26-16)9-15(25)24-17(11-22)6-1-2-7-17/h3-5,8,10H,1-2,6-7,9,11,22H2,(H,24,25). The van der Waals surface area contributed by atoms with E-state index in [2.05, 4.69) is 10.3 Å². The third-order valence-corrected chi connectivity index (χ3v) is 5.63. The molecule has 1 aliphatic rings. The van der Waals surface area contributed by atoms with Gasteiger partial charge in [0, 0.05) is 17.5 Å². The molecule has 2 aromatic rings. The summed E-state index contributed by atoms with van der Waals surface area (Å²) in [6.07, 6.45) is -0.448. The summed E-state index contributed by atoms with van der Waals surface area (Å²) in [4.78, 5) is 16.6. The van der Waals surface area contributed by atoms with Crippen LogP contribution in [-0.4, -0.2) is 23.0 Å². The maximum Gasteiger partial charge on any atom is 0.416 e. The van der Waals surface area contributed by atoms with E-state index in [1.54, 1.807) is 11.4 Å². The van der Waals surface area contributed by atoms with Crippen molar-refractivity contribution >= 4 is 17.2 Å². The first-order valence-corrected chi connectivity index (χ1v) is 9.32. The zero-order chi connectivity index (χ0) is 18.8. The molecule has 140 valence electrons. The van der Waals surface area contributed by atoms with Crippen LogP contribution in [-0.2, 0) is 17.4 Å². The summed E-state index contributed by atoms with van der Waals surface area (Å²) >= 11 is 1.23. The predicted octanol–water partition coefficient (Wildman–Crippen LogP) is 3.76. The number of nitrogens with zero attached hydrogens (tertiary/aromatic N) is 1. The van der Waals surface area contributed by atoms with Crippen LogP contribution >= 0.6 is 11.3 Å². The van der Waals surface area contributed by atoms with Crippen LogP contribution in [0, 0.1) is 0 Å². The maximum atomic E-state index is 12.8. The number of alkyl halides is 3. The molecule has 1 saturated carbocycles. The van der Waals surface area contributed by atoms with Gasteiger partial charge in [0.25, 0.3) is 0 Å². The van der Waals surface area contributed by atoms with Crippen molar-refractivity contribution in [3.05, 3.63) is 40.9 Å². The largest absolute Gasteiger partial charge is 0.416 e. The third-order valence-electron chi connectivity index (χ3n) is 4.69. The zero-order valence-electron chi connectivity index (χ0n) is 14.1. The van der Waals surface area contributed by atoms with Crippen LogP contribution in [0.1, 0.15) is 36.9 Å². The number of carbonyl (C=O) groups is 1. The molecule has 26 heavy (non-hydrogen) atoms. The highest BCUT2D eigenvalue weighted by Crippen LogP contribution is 2.33. The van der Waals surface area contributed by atoms with Crippen molar-refractivity contribution in [3.63, 3.8) is 0 Å². The Kier molecular flexibility index (Phi) is 5.34. The molecule has 3 N–H and O–H groups in total. The van der Waals surface area contributed by atoms with E-state index in [0.717, 1.165) is 37.8 Å². The minimum atomic E-state index is -4.40. The van der Waals surface area contributed by atoms with Gasteiger partial charge in [-0.25, -0.2) is 4.98 Å². The Balaban J connectivity index is 1.69. The van der Waals surface area contributed by atoms with E-state index in [9.17, 15) is 18.0 Å². The molecule has 1 fully saturated rings. The molecular weight excluding hydrogens is 363 g/mol. The molecular formula is C18H20F3N3OS. The number of carbonyl (C=O) groups excluding carboxylic acids is 1. The van der Waals surface area contributed by atoms with E-state index in [-0.39, 0.29) is 17.9 Å². The monoisotopic (exact) mass is 383 g/mol. The Bertz CT molecular complexity index is 782. The first kappa shape index (κ1) is 18.8. The number of hydrogen-bond acceptors (Lipinski definition) is 4. The maximum absolute atomic E-state index is 12.8. The lowest BCUT2D eigenvalue weighted by Crippen LogP contribution is -2.52. The molecule has 3 rings (SSSR count). The highest BCUT2D eigenvalue weighted by atomic mass is 32.1. The molecule has 1 aliphatic carbocycles. The molecule has 0 radical (unpaired) electrons. The van der Waals surface area contributed by atoms with E-state index >= 15 is 0 Å². The summed E-state index contributed by atoms with van der Waals surface area (Å²) in [5, 5.41) is 5.19. The first-order chi connectivity index (χ1) is 12.3. The number of nitrogens with two attached hydrogens (primary N) is 1. The van der Waals surface area contributed by atoms with Gasteiger partial charge in [-0.2, -0.15) is 13.2 Å². The number of benzene rings is 1. The fourth-order valence-corrected chi connectivity index (χ4v) is 4.10. The summed E-state index contributed by atoms with van der Waals surface area (Å²) in [5.74, 6) is -0.154. The van der Waals surface area contributed by atoms with Crippen LogP contribution in [0.4, 0.5) is 13.2 Å². The van der Waals surface area contributed by atoms with Crippen molar-refractivity contribution in [1.29, 1.82) is 0 Å². The molecule has 1 aromatic heterocycles. The lowest BCUT2D eigenvalue weighted by molar-refractivity contribution is -0.137. The van der Waals surface area contributed by atoms with Crippen LogP contribution < -0.4 is 11.1 Å². The number of nitrogens with one attached hydrogen (secondary N) is 1. The fourth-order valence-electron chi connectivity index (χ4n) is 3.29. The van der Waals surface area contributed by atoms with Gasteiger partial charge in [0.1, 0.15) is 5.01 Å². The molecule has 1 amide bonds. The highest BCUT2D eigenvalue weighted by Gasteiger charge is 2.34. The molecule has 1 heterocycles. The predicted molar refractivity (Wildman–Crippen MR) is 94.7 cm³/mol. The van der Waals surface area contributed by atoms with E-state index < -0.39 is 11.7 Å². The quantitative estimate of drug-likeness (QED) is 0.826. The Morgan fingerprint density at radius 1 is 1.31 bits per heavy atom. The number of thiazole rings is 1. The lowest BCUT2D eigenvalue weighted by Gasteiger charge is -2.28. The second-order valence-corrected chi connectivity index (χ2v) is 7.50. The van der Waals surface area contributed by atoms with Gasteiger partial charge in [-0.3, -0.25) is 4.79 Å². The SMILES string of the molecule is NCC1(NC(=O)Cc2csc(-c3cccc(C(F)(F)F)c3)n2)CCCC1. The molecule has 0 unspecified atom stereocenters. The number of halogens is 3. The smallest absolute Gasteiger partial charge is 0.349 e. The van der Waals surface area contributed by atoms with Crippen LogP contribution in [0.3, 0.4) is 0 Å². The van der Waals surface area contributed by atoms with Crippen molar-refractivity contribution < 1.29 is 18.0 Å². The van der Waals surface area contributed by atoms with Crippen molar-refractivity contribution in [1.82, 2.24) is 10.3 Å². The minimum Gasteiger partial charge on any atom is -0.349 e. The molecule has 0 aliphatic heterocycles. The van der Waals surface area contributed by atoms with Crippen LogP contribution in [0.15, 0.2) is 29.6 Å². The summed E-state index contributed by atoms with van der Waals surface area (Å²) in [5.41, 5.74) is 5.73. The van der Waals surface area contributed by atoms with Gasteiger partial charge in [-0.05, 0) is 25.0 Å². The van der Waals surface area contributed by atoms with Gasteiger partial charge in [-0.1, -0.05) is 25.0 Å². The molecule has 0 atom stereocenters. The van der Waals surface area contributed by atoms with Crippen LogP contribution in [0.2, 0.25) is 0 Å². The Hall–Kier alpha value is -1.93. The van der Waals surface area contributed by atoms with E-state index in [4.69, 9.17) is 5.73 Å². The third kappa shape index (κ3) is 4.24. The van der Waals surface area contributed by atoms with Gasteiger partial charge in [0.15, 0.2) is 0 Å². The molecule has 1 aromatic carbocycles. The molecule has 4 nitrogen and oxygen atoms in total. The average molecular weight is 383 g/mol. The van der Waals surface area contributed by atoms with Gasteiger partial charge in [-0.15, -0.1) is 11.3 Å². The topological polar surface area (TPSA) is 68.0 Å². The first-order valence-electron chi connectivity index (χ1n) is 8.44. The van der Waals surface area contributed by atoms with Crippen molar-refractivity contribution in [2.75, 3.05) is 6.54 Å². The number of rotatable bonds is 5. The number of hydrogen-bond donors (Lipinski definition) is 2. The normalized spacial score (nSPS) is 16.6. The number of aromatic nitrogens is 1. The van der Waals surface area contributed by atoms with E-state index in [0.29, 0.717) is 22.8 Å². The van der Waals surface area contributed by atoms with Crippen molar-refractivity contribution in [2.24, 2.45) is 5.73 Å². The second-order valence-electron chi connectivity index (χ2n) is 6.64. The summed E-state index contributed by atoms with van der Waals surface area (Å²) in [7, 11) is 0. The van der Waals surface area contributed by atoms with Crippen molar-refractivity contribution in [3.8, 4) is 10.6 Å². The summed E-state index contributed by atoms with van der Waals surface area (Å²) in [6, 6.07) is 5.04. The summed E-state index contributed by atoms with van der Waals surface area (Å²) < 4.78 is 38.5. The van der Waals surface area contributed by atoms with Gasteiger partial charge in [0.2, 0.25) is 5.91 Å². The molecule has 0 saturated heterocycles. The van der Waals surface area contributed by atoms with Gasteiger partial charge >= 0.3 is 6.18 Å². The lowest BCUT2D eigenvalue weighted by atomic mass is 9.97. The minimum absolute atomic E-state index is 0.0945. The Labute approximate surface area is 153 Å². The molecule has 0 bridgehead atoms. The zero-order valence-corrected chi connectivity index (χ0v) is 14.9. The average Bonchev–Trinajstić information content (AvgIpc) is 3.24. The molecule has 8 heteroatoms. The van der Waals surface area contributed by atoms with E-state index in [1.807, 2.05) is 0 Å². The van der Waals surface area contributed by atoms with Crippen LogP contribution in [0.25, 0.3) is 10.6 Å². The summed E-state index contributed by atoms with van der Waals surface area (Å²) in [6.45, 7) is 0.408. The van der Waals surface area contributed by atoms with Gasteiger partial charge < -0.3 is 11.1 Å². The highest BCUT2D eigenvalue weighted by molar-refractivity contribution is 7.13.